The van der Waals surface area contributed by atoms with Gasteiger partial charge in [0.15, 0.2) is 12.0 Å². The van der Waals surface area contributed by atoms with Crippen LogP contribution in [0.25, 0.3) is 10.8 Å². The van der Waals surface area contributed by atoms with Crippen molar-refractivity contribution in [3.8, 4) is 5.75 Å². The Morgan fingerprint density at radius 1 is 1.00 bits per heavy atom. The molecular formula is C20H13F3O6S. The van der Waals surface area contributed by atoms with E-state index in [1.54, 1.807) is 24.3 Å². The average Bonchev–Trinajstić information content (AvgIpc) is 2.71. The van der Waals surface area contributed by atoms with Gasteiger partial charge in [-0.15, -0.1) is 0 Å². The van der Waals surface area contributed by atoms with Crippen LogP contribution in [0, 0.1) is 0 Å². The van der Waals surface area contributed by atoms with Crippen LogP contribution in [0.15, 0.2) is 60.7 Å². The van der Waals surface area contributed by atoms with Gasteiger partial charge >= 0.3 is 21.6 Å². The van der Waals surface area contributed by atoms with Crippen molar-refractivity contribution in [1.82, 2.24) is 0 Å². The van der Waals surface area contributed by atoms with E-state index in [9.17, 15) is 31.2 Å². The molecule has 0 unspecified atom stereocenters. The summed E-state index contributed by atoms with van der Waals surface area (Å²) in [4.78, 5) is 23.7. The predicted octanol–water partition coefficient (Wildman–Crippen LogP) is 4.24. The van der Waals surface area contributed by atoms with Crippen molar-refractivity contribution in [2.75, 3.05) is 0 Å². The summed E-state index contributed by atoms with van der Waals surface area (Å²) in [5.41, 5.74) is -5.12. The normalized spacial score (nSPS) is 11.8. The molecule has 10 heteroatoms. The molecule has 6 nitrogen and oxygen atoms in total. The molecule has 156 valence electrons. The van der Waals surface area contributed by atoms with E-state index in [2.05, 4.69) is 4.18 Å². The Balaban J connectivity index is 1.89. The zero-order chi connectivity index (χ0) is 21.9. The first-order chi connectivity index (χ1) is 14.1. The molecule has 3 rings (SSSR count). The number of alkyl halides is 3. The molecule has 3 aromatic carbocycles. The summed E-state index contributed by atoms with van der Waals surface area (Å²) < 4.78 is 69.4. The van der Waals surface area contributed by atoms with Crippen molar-refractivity contribution < 1.29 is 40.1 Å². The molecule has 0 bridgehead atoms. The molecule has 0 saturated carbocycles. The minimum absolute atomic E-state index is 0.0410. The second-order valence-corrected chi connectivity index (χ2v) is 7.61. The summed E-state index contributed by atoms with van der Waals surface area (Å²) >= 11 is 0. The predicted molar refractivity (Wildman–Crippen MR) is 100 cm³/mol. The van der Waals surface area contributed by atoms with Gasteiger partial charge in [0, 0.05) is 0 Å². The maximum absolute atomic E-state index is 12.6. The molecule has 0 aliphatic rings. The van der Waals surface area contributed by atoms with E-state index < -0.39 is 32.9 Å². The fraction of sp³-hybridized carbons (Fsp3) is 0.100. The van der Waals surface area contributed by atoms with E-state index in [0.29, 0.717) is 5.39 Å². The van der Waals surface area contributed by atoms with E-state index in [0.717, 1.165) is 11.6 Å². The molecule has 0 fully saturated rings. The average molecular weight is 438 g/mol. The highest BCUT2D eigenvalue weighted by atomic mass is 32.2. The van der Waals surface area contributed by atoms with Gasteiger partial charge in [0.05, 0.1) is 11.1 Å². The van der Waals surface area contributed by atoms with Crippen LogP contribution in [0.5, 0.6) is 5.75 Å². The number of carbonyl (C=O) groups excluding carboxylic acids is 2. The number of fused-ring (bicyclic) bond motifs is 1. The zero-order valence-corrected chi connectivity index (χ0v) is 15.9. The van der Waals surface area contributed by atoms with Gasteiger partial charge in [0.25, 0.3) is 0 Å². The van der Waals surface area contributed by atoms with Gasteiger partial charge in [-0.1, -0.05) is 42.5 Å². The van der Waals surface area contributed by atoms with Crippen LogP contribution in [0.4, 0.5) is 13.2 Å². The highest BCUT2D eigenvalue weighted by molar-refractivity contribution is 7.88. The van der Waals surface area contributed by atoms with Crippen molar-refractivity contribution in [1.29, 1.82) is 0 Å². The van der Waals surface area contributed by atoms with Crippen molar-refractivity contribution >= 4 is 33.1 Å². The highest BCUT2D eigenvalue weighted by Crippen LogP contribution is 2.32. The van der Waals surface area contributed by atoms with Crippen molar-refractivity contribution in [2.24, 2.45) is 0 Å². The molecule has 0 aliphatic heterocycles. The van der Waals surface area contributed by atoms with Crippen LogP contribution in [0.3, 0.4) is 0 Å². The third-order valence-electron chi connectivity index (χ3n) is 4.07. The maximum atomic E-state index is 12.6. The quantitative estimate of drug-likeness (QED) is 0.248. The third-order valence-corrected chi connectivity index (χ3v) is 5.04. The lowest BCUT2D eigenvalue weighted by Gasteiger charge is -2.13. The summed E-state index contributed by atoms with van der Waals surface area (Å²) in [7, 11) is -5.94. The Bertz CT molecular complexity index is 1200. The number of aldehydes is 1. The molecule has 0 spiro atoms. The van der Waals surface area contributed by atoms with Gasteiger partial charge in [-0.2, -0.15) is 21.6 Å². The monoisotopic (exact) mass is 438 g/mol. The van der Waals surface area contributed by atoms with Crippen molar-refractivity contribution in [3.05, 3.63) is 77.4 Å². The first-order valence-corrected chi connectivity index (χ1v) is 9.77. The minimum Gasteiger partial charge on any atom is -0.457 e. The van der Waals surface area contributed by atoms with Crippen LogP contribution in [-0.4, -0.2) is 26.2 Å². The molecule has 0 amide bonds. The first-order valence-electron chi connectivity index (χ1n) is 8.36. The molecule has 0 N–H and O–H groups in total. The van der Waals surface area contributed by atoms with Gasteiger partial charge in [0.2, 0.25) is 0 Å². The molecule has 0 heterocycles. The molecule has 0 saturated heterocycles. The fourth-order valence-electron chi connectivity index (χ4n) is 2.63. The van der Waals surface area contributed by atoms with Gasteiger partial charge in [-0.3, -0.25) is 4.79 Å². The van der Waals surface area contributed by atoms with Crippen molar-refractivity contribution in [2.45, 2.75) is 12.1 Å². The molecule has 30 heavy (non-hydrogen) atoms. The summed E-state index contributed by atoms with van der Waals surface area (Å²) in [5, 5.41) is 0.419. The Kier molecular flexibility index (Phi) is 5.79. The van der Waals surface area contributed by atoms with Gasteiger partial charge in [-0.05, 0) is 34.5 Å². The van der Waals surface area contributed by atoms with Gasteiger partial charge < -0.3 is 8.92 Å². The maximum Gasteiger partial charge on any atom is 0.534 e. The molecule has 0 radical (unpaired) electrons. The SMILES string of the molecule is O=Cc1c(OS(=O)(=O)C(F)(F)F)ccc2cc(C(=O)OCc3ccccc3)ccc12. The third kappa shape index (κ3) is 4.43. The highest BCUT2D eigenvalue weighted by Gasteiger charge is 2.48. The van der Waals surface area contributed by atoms with E-state index in [1.165, 1.54) is 24.3 Å². The lowest BCUT2D eigenvalue weighted by Crippen LogP contribution is -2.28. The van der Waals surface area contributed by atoms with E-state index in [-0.39, 0.29) is 23.8 Å². The first kappa shape index (κ1) is 21.3. The molecule has 0 atom stereocenters. The van der Waals surface area contributed by atoms with E-state index in [1.807, 2.05) is 6.07 Å². The molecule has 3 aromatic rings. The Hall–Kier alpha value is -3.40. The second-order valence-electron chi connectivity index (χ2n) is 6.08. The van der Waals surface area contributed by atoms with Crippen LogP contribution in [0.1, 0.15) is 26.3 Å². The number of esters is 1. The van der Waals surface area contributed by atoms with E-state index in [4.69, 9.17) is 4.74 Å². The molecular weight excluding hydrogens is 425 g/mol. The lowest BCUT2D eigenvalue weighted by atomic mass is 10.0. The number of rotatable bonds is 6. The summed E-state index contributed by atoms with van der Waals surface area (Å²) in [6.45, 7) is 0.0410. The largest absolute Gasteiger partial charge is 0.534 e. The Morgan fingerprint density at radius 2 is 1.70 bits per heavy atom. The van der Waals surface area contributed by atoms with Crippen LogP contribution in [-0.2, 0) is 21.5 Å². The van der Waals surface area contributed by atoms with Gasteiger partial charge in [0.1, 0.15) is 6.61 Å². The minimum atomic E-state index is -5.94. The number of hydrogen-bond donors (Lipinski definition) is 0. The topological polar surface area (TPSA) is 86.7 Å². The summed E-state index contributed by atoms with van der Waals surface area (Å²) in [5.74, 6) is -1.41. The summed E-state index contributed by atoms with van der Waals surface area (Å²) in [6, 6.07) is 15.1. The van der Waals surface area contributed by atoms with Crippen molar-refractivity contribution in [3.63, 3.8) is 0 Å². The number of hydrogen-bond acceptors (Lipinski definition) is 6. The Labute approximate surface area is 169 Å². The summed E-state index contributed by atoms with van der Waals surface area (Å²) in [6.07, 6.45) is 0.178. The van der Waals surface area contributed by atoms with Crippen LogP contribution in [0.2, 0.25) is 0 Å². The smallest absolute Gasteiger partial charge is 0.457 e. The van der Waals surface area contributed by atoms with E-state index >= 15 is 0 Å². The zero-order valence-electron chi connectivity index (χ0n) is 15.0. The van der Waals surface area contributed by atoms with Gasteiger partial charge in [-0.25, -0.2) is 4.79 Å². The molecule has 0 aromatic heterocycles. The van der Waals surface area contributed by atoms with Crippen LogP contribution >= 0.6 is 0 Å². The fourth-order valence-corrected chi connectivity index (χ4v) is 3.10. The Morgan fingerprint density at radius 3 is 2.33 bits per heavy atom. The number of ether oxygens (including phenoxy) is 1. The number of carbonyl (C=O) groups is 2. The standard InChI is InChI=1S/C20H13F3O6S/c21-20(22,23)30(26,27)29-18-9-7-14-10-15(6-8-16(14)17(18)11-24)19(25)28-12-13-4-2-1-3-5-13/h1-11H,12H2. The molecule has 0 aliphatic carbocycles. The number of halogens is 3. The number of benzene rings is 3. The van der Waals surface area contributed by atoms with Crippen LogP contribution < -0.4 is 4.18 Å². The second kappa shape index (κ2) is 8.15. The lowest BCUT2D eigenvalue weighted by molar-refractivity contribution is -0.0500.